The van der Waals surface area contributed by atoms with Gasteiger partial charge in [-0.25, -0.2) is 4.98 Å². The third kappa shape index (κ3) is 3.51. The number of aryl methyl sites for hydroxylation is 1. The van der Waals surface area contributed by atoms with Crippen LogP contribution >= 0.6 is 0 Å². The van der Waals surface area contributed by atoms with E-state index in [1.54, 1.807) is 31.4 Å². The van der Waals surface area contributed by atoms with Crippen molar-refractivity contribution in [3.63, 3.8) is 0 Å². The topological polar surface area (TPSA) is 89.2 Å². The third-order valence-corrected chi connectivity index (χ3v) is 6.61. The fraction of sp³-hybridized carbons (Fsp3) is 0.333. The van der Waals surface area contributed by atoms with E-state index in [-0.39, 0.29) is 16.7 Å². The molecular weight excluding hydrogens is 406 g/mol. The zero-order chi connectivity index (χ0) is 22.4. The summed E-state index contributed by atoms with van der Waals surface area (Å²) in [4.78, 5) is 43.9. The summed E-state index contributed by atoms with van der Waals surface area (Å²) in [5.74, 6) is 1.10. The van der Waals surface area contributed by atoms with Gasteiger partial charge in [0.05, 0.1) is 11.9 Å². The molecule has 0 aliphatic carbocycles. The van der Waals surface area contributed by atoms with Gasteiger partial charge in [-0.2, -0.15) is 0 Å². The lowest BCUT2D eigenvalue weighted by atomic mass is 9.83. The van der Waals surface area contributed by atoms with Gasteiger partial charge in [0, 0.05) is 50.1 Å². The van der Waals surface area contributed by atoms with Gasteiger partial charge in [0.1, 0.15) is 11.4 Å². The normalized spacial score (nSPS) is 19.4. The van der Waals surface area contributed by atoms with Crippen molar-refractivity contribution < 1.29 is 4.79 Å². The predicted molar refractivity (Wildman–Crippen MR) is 122 cm³/mol. The fourth-order valence-corrected chi connectivity index (χ4v) is 4.83. The molecule has 1 fully saturated rings. The Morgan fingerprint density at radius 1 is 1.06 bits per heavy atom. The summed E-state index contributed by atoms with van der Waals surface area (Å²) in [5.41, 5.74) is 2.27. The Hall–Kier alpha value is -3.68. The molecule has 2 unspecified atom stereocenters. The molecule has 8 nitrogen and oxygen atoms in total. The van der Waals surface area contributed by atoms with E-state index in [1.807, 2.05) is 35.8 Å². The predicted octanol–water partition coefficient (Wildman–Crippen LogP) is 2.13. The minimum Gasteiger partial charge on any atom is -0.356 e. The average molecular weight is 431 g/mol. The van der Waals surface area contributed by atoms with Crippen LogP contribution in [0, 0.1) is 12.8 Å². The first-order chi connectivity index (χ1) is 15.4. The van der Waals surface area contributed by atoms with Crippen LogP contribution in [0.25, 0.3) is 0 Å². The van der Waals surface area contributed by atoms with Crippen molar-refractivity contribution in [2.24, 2.45) is 13.0 Å². The number of nitrogens with one attached hydrogen (secondary N) is 1. The molecule has 2 aliphatic rings. The molecule has 2 atom stereocenters. The Morgan fingerprint density at radius 2 is 1.91 bits per heavy atom. The second-order valence-corrected chi connectivity index (χ2v) is 8.71. The Bertz CT molecular complexity index is 1310. The van der Waals surface area contributed by atoms with Crippen molar-refractivity contribution in [3.8, 4) is 0 Å². The van der Waals surface area contributed by atoms with E-state index in [0.29, 0.717) is 17.5 Å². The molecule has 0 saturated carbocycles. The van der Waals surface area contributed by atoms with Crippen LogP contribution < -0.4 is 21.3 Å². The van der Waals surface area contributed by atoms with Crippen LogP contribution in [0.4, 0.5) is 11.5 Å². The smallest absolute Gasteiger partial charge is 0.263 e. The van der Waals surface area contributed by atoms with Crippen LogP contribution in [0.2, 0.25) is 0 Å². The van der Waals surface area contributed by atoms with Crippen LogP contribution in [0.3, 0.4) is 0 Å². The number of piperidine rings is 1. The maximum absolute atomic E-state index is 12.6. The Balaban J connectivity index is 1.32. The monoisotopic (exact) mass is 431 g/mol. The Kier molecular flexibility index (Phi) is 4.92. The number of amides is 1. The van der Waals surface area contributed by atoms with Crippen molar-refractivity contribution >= 4 is 17.4 Å². The van der Waals surface area contributed by atoms with Gasteiger partial charge in [-0.05, 0) is 49.6 Å². The van der Waals surface area contributed by atoms with E-state index in [9.17, 15) is 14.4 Å². The van der Waals surface area contributed by atoms with Crippen LogP contribution in [0.1, 0.15) is 34.1 Å². The second kappa shape index (κ2) is 7.78. The van der Waals surface area contributed by atoms with Crippen molar-refractivity contribution in [1.29, 1.82) is 0 Å². The lowest BCUT2D eigenvalue weighted by Crippen LogP contribution is -2.47. The molecule has 32 heavy (non-hydrogen) atoms. The molecule has 3 aromatic heterocycles. The first-order valence-corrected chi connectivity index (χ1v) is 10.8. The van der Waals surface area contributed by atoms with Gasteiger partial charge in [-0.15, -0.1) is 0 Å². The molecule has 2 bridgehead atoms. The van der Waals surface area contributed by atoms with Crippen LogP contribution in [-0.4, -0.2) is 33.1 Å². The van der Waals surface area contributed by atoms with Crippen LogP contribution in [-0.2, 0) is 13.6 Å². The van der Waals surface area contributed by atoms with Crippen molar-refractivity contribution in [1.82, 2.24) is 14.1 Å². The zero-order valence-electron chi connectivity index (χ0n) is 18.1. The number of hydrogen-bond acceptors (Lipinski definition) is 5. The highest BCUT2D eigenvalue weighted by molar-refractivity contribution is 6.03. The third-order valence-electron chi connectivity index (χ3n) is 6.61. The summed E-state index contributed by atoms with van der Waals surface area (Å²) in [6.07, 6.45) is 2.70. The highest BCUT2D eigenvalue weighted by Crippen LogP contribution is 2.36. The number of rotatable bonds is 3. The average Bonchev–Trinajstić information content (AvgIpc) is 2.78. The summed E-state index contributed by atoms with van der Waals surface area (Å²) >= 11 is 0. The molecule has 2 aliphatic heterocycles. The zero-order valence-corrected chi connectivity index (χ0v) is 18.1. The quantitative estimate of drug-likeness (QED) is 0.686. The van der Waals surface area contributed by atoms with Gasteiger partial charge in [0.15, 0.2) is 0 Å². The van der Waals surface area contributed by atoms with Gasteiger partial charge in [-0.1, -0.05) is 6.07 Å². The number of aromatic nitrogens is 3. The van der Waals surface area contributed by atoms with Gasteiger partial charge < -0.3 is 19.4 Å². The number of nitrogens with zero attached hydrogens (tertiary/aromatic N) is 4. The molecule has 8 heteroatoms. The molecule has 1 N–H and O–H groups in total. The van der Waals surface area contributed by atoms with E-state index in [1.165, 1.54) is 4.57 Å². The highest BCUT2D eigenvalue weighted by atomic mass is 16.2. The first-order valence-electron chi connectivity index (χ1n) is 10.8. The van der Waals surface area contributed by atoms with E-state index in [2.05, 4.69) is 15.2 Å². The van der Waals surface area contributed by atoms with E-state index < -0.39 is 5.91 Å². The van der Waals surface area contributed by atoms with Crippen LogP contribution in [0.5, 0.6) is 0 Å². The number of anilines is 2. The number of carbonyl (C=O) groups excluding carboxylic acids is 1. The molecule has 5 rings (SSSR count). The largest absolute Gasteiger partial charge is 0.356 e. The van der Waals surface area contributed by atoms with Gasteiger partial charge in [0.2, 0.25) is 0 Å². The van der Waals surface area contributed by atoms with Crippen LogP contribution in [0.15, 0.2) is 58.3 Å². The summed E-state index contributed by atoms with van der Waals surface area (Å²) < 4.78 is 3.37. The minimum absolute atomic E-state index is 0.0762. The lowest BCUT2D eigenvalue weighted by Gasteiger charge is -2.43. The number of fused-ring (bicyclic) bond motifs is 4. The molecule has 0 spiro atoms. The minimum atomic E-state index is -0.449. The van der Waals surface area contributed by atoms with E-state index in [0.717, 1.165) is 43.3 Å². The molecule has 1 amide bonds. The molecule has 3 aromatic rings. The molecule has 0 radical (unpaired) electrons. The van der Waals surface area contributed by atoms with Crippen molar-refractivity contribution in [2.75, 3.05) is 23.3 Å². The Morgan fingerprint density at radius 3 is 2.69 bits per heavy atom. The summed E-state index contributed by atoms with van der Waals surface area (Å²) in [6, 6.07) is 12.5. The molecule has 5 heterocycles. The maximum atomic E-state index is 12.6. The summed E-state index contributed by atoms with van der Waals surface area (Å²) in [5, 5.41) is 2.76. The van der Waals surface area contributed by atoms with Gasteiger partial charge >= 0.3 is 0 Å². The number of pyridine rings is 3. The van der Waals surface area contributed by atoms with Crippen molar-refractivity contribution in [3.05, 3.63) is 86.3 Å². The summed E-state index contributed by atoms with van der Waals surface area (Å²) in [6.45, 7) is 4.20. The van der Waals surface area contributed by atoms with E-state index >= 15 is 0 Å². The van der Waals surface area contributed by atoms with Crippen molar-refractivity contribution in [2.45, 2.75) is 25.8 Å². The fourth-order valence-electron chi connectivity index (χ4n) is 4.83. The number of carbonyl (C=O) groups is 1. The lowest BCUT2D eigenvalue weighted by molar-refractivity contribution is 0.102. The molecule has 164 valence electrons. The SMILES string of the molecule is Cc1ccc(C(=O)Nc2ccc(N3CC4CC(C3)c3cccc(=O)n3C4)nc2)c(=O)n1C. The highest BCUT2D eigenvalue weighted by Gasteiger charge is 2.34. The number of hydrogen-bond donors (Lipinski definition) is 1. The Labute approximate surface area is 185 Å². The summed E-state index contributed by atoms with van der Waals surface area (Å²) in [7, 11) is 1.65. The maximum Gasteiger partial charge on any atom is 0.263 e. The van der Waals surface area contributed by atoms with Gasteiger partial charge in [0.25, 0.3) is 17.0 Å². The molecular formula is C24H25N5O3. The second-order valence-electron chi connectivity index (χ2n) is 8.71. The first kappa shape index (κ1) is 20.2. The standard InChI is InChI=1S/C24H25N5O3/c1-15-6-8-19(24(32)27(15)2)23(31)26-18-7-9-21(25-11-18)28-12-16-10-17(14-28)20-4-3-5-22(30)29(20)13-16/h3-9,11,16-17H,10,12-14H2,1-2H3,(H,26,31). The molecule has 0 aromatic carbocycles. The van der Waals surface area contributed by atoms with E-state index in [4.69, 9.17) is 0 Å². The van der Waals surface area contributed by atoms with Gasteiger partial charge in [-0.3, -0.25) is 14.4 Å². The molecule has 1 saturated heterocycles.